The predicted molar refractivity (Wildman–Crippen MR) is 45.0 cm³/mol. The molecule has 1 saturated heterocycles. The summed E-state index contributed by atoms with van der Waals surface area (Å²) in [7, 11) is 3.22. The quantitative estimate of drug-likeness (QED) is 0.596. The Hall–Kier alpha value is -0.160. The lowest BCUT2D eigenvalue weighted by atomic mass is 10.0. The van der Waals surface area contributed by atoms with Crippen molar-refractivity contribution in [3.8, 4) is 0 Å². The first-order chi connectivity index (χ1) is 5.70. The summed E-state index contributed by atoms with van der Waals surface area (Å²) < 4.78 is 15.6. The predicted octanol–water partition coefficient (Wildman–Crippen LogP) is -0.0162. The molecule has 0 spiro atoms. The molecule has 1 N–H and O–H groups in total. The molecule has 1 heterocycles. The summed E-state index contributed by atoms with van der Waals surface area (Å²) >= 11 is 0. The first-order valence-electron chi connectivity index (χ1n) is 4.10. The van der Waals surface area contributed by atoms with E-state index in [1.165, 1.54) is 0 Å². The molecular formula is C8H17NO3. The minimum atomic E-state index is -0.248. The van der Waals surface area contributed by atoms with Gasteiger partial charge in [-0.2, -0.15) is 0 Å². The van der Waals surface area contributed by atoms with E-state index in [2.05, 4.69) is 12.2 Å². The van der Waals surface area contributed by atoms with Gasteiger partial charge in [0, 0.05) is 27.3 Å². The lowest BCUT2D eigenvalue weighted by molar-refractivity contribution is -0.178. The largest absolute Gasteiger partial charge is 0.367 e. The van der Waals surface area contributed by atoms with Gasteiger partial charge in [-0.1, -0.05) is 0 Å². The van der Waals surface area contributed by atoms with Gasteiger partial charge in [-0.3, -0.25) is 0 Å². The third-order valence-corrected chi connectivity index (χ3v) is 2.09. The van der Waals surface area contributed by atoms with Crippen LogP contribution in [0.5, 0.6) is 0 Å². The van der Waals surface area contributed by atoms with E-state index in [-0.39, 0.29) is 11.9 Å². The Morgan fingerprint density at radius 2 is 1.92 bits per heavy atom. The maximum atomic E-state index is 5.60. The Labute approximate surface area is 73.2 Å². The second-order valence-electron chi connectivity index (χ2n) is 3.27. The summed E-state index contributed by atoms with van der Waals surface area (Å²) in [4.78, 5) is 0. The van der Waals surface area contributed by atoms with Gasteiger partial charge in [0.1, 0.15) is 0 Å². The summed E-state index contributed by atoms with van der Waals surface area (Å²) in [6.45, 7) is 4.39. The van der Waals surface area contributed by atoms with Gasteiger partial charge in [-0.15, -0.1) is 0 Å². The molecule has 0 bridgehead atoms. The van der Waals surface area contributed by atoms with Crippen molar-refractivity contribution < 1.29 is 14.2 Å². The average molecular weight is 175 g/mol. The molecule has 1 aliphatic rings. The van der Waals surface area contributed by atoms with Crippen LogP contribution in [0, 0.1) is 0 Å². The third-order valence-electron chi connectivity index (χ3n) is 2.09. The Balaban J connectivity index is 2.14. The molecule has 4 nitrogen and oxygen atoms in total. The lowest BCUT2D eigenvalue weighted by Crippen LogP contribution is -2.59. The molecule has 0 aromatic rings. The van der Waals surface area contributed by atoms with Gasteiger partial charge in [0.15, 0.2) is 6.29 Å². The minimum absolute atomic E-state index is 0.0185. The Morgan fingerprint density at radius 1 is 1.33 bits per heavy atom. The number of rotatable bonds is 5. The number of hydrogen-bond donors (Lipinski definition) is 1. The molecule has 0 aromatic heterocycles. The Morgan fingerprint density at radius 3 is 2.25 bits per heavy atom. The number of ether oxygens (including phenoxy) is 3. The molecule has 0 radical (unpaired) electrons. The minimum Gasteiger partial charge on any atom is -0.367 e. The normalized spacial score (nSPS) is 21.0. The topological polar surface area (TPSA) is 39.7 Å². The molecule has 1 rings (SSSR count). The molecule has 0 aromatic carbocycles. The van der Waals surface area contributed by atoms with Crippen LogP contribution in [0.3, 0.4) is 0 Å². The molecule has 4 heteroatoms. The van der Waals surface area contributed by atoms with Gasteiger partial charge < -0.3 is 19.5 Å². The molecule has 1 aliphatic heterocycles. The van der Waals surface area contributed by atoms with Gasteiger partial charge in [0.25, 0.3) is 0 Å². The molecule has 0 unspecified atom stereocenters. The summed E-state index contributed by atoms with van der Waals surface area (Å²) in [5.41, 5.74) is -0.0185. The van der Waals surface area contributed by atoms with Crippen LogP contribution >= 0.6 is 0 Å². The smallest absolute Gasteiger partial charge is 0.180 e. The second kappa shape index (κ2) is 4.18. The zero-order chi connectivity index (χ0) is 9.03. The van der Waals surface area contributed by atoms with Crippen molar-refractivity contribution in [1.29, 1.82) is 0 Å². The van der Waals surface area contributed by atoms with Crippen molar-refractivity contribution in [3.05, 3.63) is 0 Å². The van der Waals surface area contributed by atoms with E-state index >= 15 is 0 Å². The van der Waals surface area contributed by atoms with Gasteiger partial charge >= 0.3 is 0 Å². The number of hydrogen-bond acceptors (Lipinski definition) is 4. The van der Waals surface area contributed by atoms with Crippen LogP contribution < -0.4 is 5.32 Å². The summed E-state index contributed by atoms with van der Waals surface area (Å²) in [6.07, 6.45) is -0.248. The van der Waals surface area contributed by atoms with E-state index in [1.54, 1.807) is 14.2 Å². The highest BCUT2D eigenvalue weighted by Gasteiger charge is 2.33. The molecule has 0 amide bonds. The fraction of sp³-hybridized carbons (Fsp3) is 1.00. The first kappa shape index (κ1) is 9.92. The maximum absolute atomic E-state index is 5.60. The van der Waals surface area contributed by atoms with Gasteiger partial charge in [-0.25, -0.2) is 0 Å². The van der Waals surface area contributed by atoms with E-state index in [4.69, 9.17) is 14.2 Å². The summed E-state index contributed by atoms with van der Waals surface area (Å²) in [5, 5.41) is 3.15. The molecule has 1 fully saturated rings. The van der Waals surface area contributed by atoms with E-state index in [1.807, 2.05) is 0 Å². The van der Waals surface area contributed by atoms with Crippen molar-refractivity contribution in [1.82, 2.24) is 5.32 Å². The molecule has 72 valence electrons. The molecule has 0 atom stereocenters. The van der Waals surface area contributed by atoms with Crippen LogP contribution in [-0.4, -0.2) is 45.8 Å². The van der Waals surface area contributed by atoms with Crippen molar-refractivity contribution in [2.24, 2.45) is 0 Å². The van der Waals surface area contributed by atoms with Crippen LogP contribution in [0.1, 0.15) is 6.92 Å². The highest BCUT2D eigenvalue weighted by Crippen LogP contribution is 2.15. The Bertz CT molecular complexity index is 132. The fourth-order valence-corrected chi connectivity index (χ4v) is 1.08. The molecule has 0 aliphatic carbocycles. The fourth-order valence-electron chi connectivity index (χ4n) is 1.08. The monoisotopic (exact) mass is 175 g/mol. The molecule has 0 saturated carbocycles. The Kier molecular flexibility index (Phi) is 3.46. The average Bonchev–Trinajstić information content (AvgIpc) is 2.03. The van der Waals surface area contributed by atoms with Gasteiger partial charge in [-0.05, 0) is 6.92 Å². The second-order valence-corrected chi connectivity index (χ2v) is 3.27. The third kappa shape index (κ3) is 2.42. The van der Waals surface area contributed by atoms with Crippen LogP contribution in [-0.2, 0) is 14.2 Å². The zero-order valence-electron chi connectivity index (χ0n) is 7.92. The van der Waals surface area contributed by atoms with Crippen molar-refractivity contribution in [2.75, 3.05) is 33.9 Å². The number of methoxy groups -OCH3 is 2. The standard InChI is InChI=1S/C8H17NO3/c1-8(5-9-6-8)12-4-7(10-2)11-3/h7,9H,4-6H2,1-3H3. The van der Waals surface area contributed by atoms with Crippen molar-refractivity contribution in [2.45, 2.75) is 18.8 Å². The van der Waals surface area contributed by atoms with Crippen LogP contribution in [0.2, 0.25) is 0 Å². The lowest BCUT2D eigenvalue weighted by Gasteiger charge is -2.39. The van der Waals surface area contributed by atoms with E-state index in [0.29, 0.717) is 6.61 Å². The van der Waals surface area contributed by atoms with Gasteiger partial charge in [0.2, 0.25) is 0 Å². The molecule has 12 heavy (non-hydrogen) atoms. The van der Waals surface area contributed by atoms with Crippen LogP contribution in [0.25, 0.3) is 0 Å². The first-order valence-corrected chi connectivity index (χ1v) is 4.10. The maximum Gasteiger partial charge on any atom is 0.180 e. The summed E-state index contributed by atoms with van der Waals surface area (Å²) in [6, 6.07) is 0. The van der Waals surface area contributed by atoms with Gasteiger partial charge in [0.05, 0.1) is 12.2 Å². The highest BCUT2D eigenvalue weighted by molar-refractivity contribution is 4.90. The van der Waals surface area contributed by atoms with Crippen LogP contribution in [0.15, 0.2) is 0 Å². The SMILES string of the molecule is COC(COC1(C)CNC1)OC. The van der Waals surface area contributed by atoms with Crippen molar-refractivity contribution >= 4 is 0 Å². The number of nitrogens with one attached hydrogen (secondary N) is 1. The summed E-state index contributed by atoms with van der Waals surface area (Å²) in [5.74, 6) is 0. The molecular weight excluding hydrogens is 158 g/mol. The highest BCUT2D eigenvalue weighted by atomic mass is 16.7. The van der Waals surface area contributed by atoms with Crippen molar-refractivity contribution in [3.63, 3.8) is 0 Å². The van der Waals surface area contributed by atoms with E-state index < -0.39 is 0 Å². The van der Waals surface area contributed by atoms with Crippen LogP contribution in [0.4, 0.5) is 0 Å². The van der Waals surface area contributed by atoms with E-state index in [9.17, 15) is 0 Å². The van der Waals surface area contributed by atoms with E-state index in [0.717, 1.165) is 13.1 Å². The zero-order valence-corrected chi connectivity index (χ0v) is 7.92.